The summed E-state index contributed by atoms with van der Waals surface area (Å²) in [5.74, 6) is 0.193. The van der Waals surface area contributed by atoms with E-state index in [1.807, 2.05) is 24.3 Å². The first kappa shape index (κ1) is 22.2. The molecule has 0 unspecified atom stereocenters. The predicted molar refractivity (Wildman–Crippen MR) is 134 cm³/mol. The van der Waals surface area contributed by atoms with Crippen LogP contribution in [0.2, 0.25) is 0 Å². The third kappa shape index (κ3) is 3.79. The molecule has 1 aromatic heterocycles. The van der Waals surface area contributed by atoms with Crippen LogP contribution in [0.15, 0.2) is 48.5 Å². The number of aromatic nitrogens is 1. The number of piperidine rings is 1. The molecule has 3 N–H and O–H groups in total. The fourth-order valence-corrected chi connectivity index (χ4v) is 5.94. The van der Waals surface area contributed by atoms with Crippen LogP contribution >= 0.6 is 0 Å². The van der Waals surface area contributed by atoms with Crippen LogP contribution in [0, 0.1) is 11.9 Å². The van der Waals surface area contributed by atoms with E-state index in [1.165, 1.54) is 12.0 Å². The first-order chi connectivity index (χ1) is 17.0. The van der Waals surface area contributed by atoms with Gasteiger partial charge < -0.3 is 15.8 Å². The van der Waals surface area contributed by atoms with Gasteiger partial charge in [0.25, 0.3) is 5.91 Å². The van der Waals surface area contributed by atoms with E-state index in [9.17, 15) is 9.18 Å². The summed E-state index contributed by atoms with van der Waals surface area (Å²) in [7, 11) is 1.74. The number of halogens is 1. The second kappa shape index (κ2) is 8.43. The van der Waals surface area contributed by atoms with Crippen LogP contribution in [-0.4, -0.2) is 55.7 Å². The van der Waals surface area contributed by atoms with Gasteiger partial charge in [-0.15, -0.1) is 0 Å². The van der Waals surface area contributed by atoms with Crippen molar-refractivity contribution < 1.29 is 13.9 Å². The Labute approximate surface area is 204 Å². The number of carbonyl (C=O) groups excluding carboxylic acids is 1. The number of nitrogen functional groups attached to an aromatic ring is 1. The third-order valence-corrected chi connectivity index (χ3v) is 7.95. The van der Waals surface area contributed by atoms with Gasteiger partial charge in [0.2, 0.25) is 5.95 Å². The topological polar surface area (TPSA) is 80.5 Å². The van der Waals surface area contributed by atoms with Crippen molar-refractivity contribution in [2.24, 2.45) is 5.92 Å². The lowest BCUT2D eigenvalue weighted by atomic mass is 9.92. The Morgan fingerprint density at radius 3 is 2.74 bits per heavy atom. The zero-order chi connectivity index (χ0) is 24.2. The van der Waals surface area contributed by atoms with Crippen LogP contribution in [0.1, 0.15) is 27.9 Å². The molecule has 180 valence electrons. The van der Waals surface area contributed by atoms with Gasteiger partial charge in [-0.3, -0.25) is 9.69 Å². The molecule has 0 radical (unpaired) electrons. The van der Waals surface area contributed by atoms with Gasteiger partial charge in [-0.05, 0) is 53.1 Å². The van der Waals surface area contributed by atoms with Gasteiger partial charge >= 0.3 is 0 Å². The molecular formula is C28H29FN4O2. The first-order valence-corrected chi connectivity index (χ1v) is 12.2. The number of fused-ring (bicyclic) bond motifs is 2. The second-order valence-electron chi connectivity index (χ2n) is 10.00. The molecule has 0 bridgehead atoms. The lowest BCUT2D eigenvalue weighted by molar-refractivity contribution is 0.0946. The van der Waals surface area contributed by atoms with Gasteiger partial charge in [-0.25, -0.2) is 4.98 Å². The van der Waals surface area contributed by atoms with Crippen molar-refractivity contribution in [2.45, 2.75) is 18.3 Å². The van der Waals surface area contributed by atoms with Crippen LogP contribution in [0.25, 0.3) is 22.3 Å². The highest BCUT2D eigenvalue weighted by Crippen LogP contribution is 2.59. The van der Waals surface area contributed by atoms with Crippen LogP contribution in [0.5, 0.6) is 0 Å². The monoisotopic (exact) mass is 472 g/mol. The number of ether oxygens (including phenoxy) is 1. The number of anilines is 1. The molecule has 2 aromatic carbocycles. The number of hydrogen-bond acceptors (Lipinski definition) is 5. The summed E-state index contributed by atoms with van der Waals surface area (Å²) in [6.07, 6.45) is 1.97. The highest BCUT2D eigenvalue weighted by Gasteiger charge is 2.60. The molecule has 2 fully saturated rings. The Kier molecular flexibility index (Phi) is 5.34. The fourth-order valence-electron chi connectivity index (χ4n) is 5.94. The third-order valence-electron chi connectivity index (χ3n) is 7.95. The number of nitrogens with zero attached hydrogens (tertiary/aromatic N) is 2. The van der Waals surface area contributed by atoms with Crippen molar-refractivity contribution >= 4 is 11.7 Å². The van der Waals surface area contributed by atoms with Gasteiger partial charge in [0.1, 0.15) is 5.82 Å². The van der Waals surface area contributed by atoms with Crippen molar-refractivity contribution in [3.8, 4) is 22.3 Å². The zero-order valence-corrected chi connectivity index (χ0v) is 19.8. The van der Waals surface area contributed by atoms with Crippen LogP contribution < -0.4 is 11.1 Å². The molecule has 0 spiro atoms. The minimum Gasteiger partial charge on any atom is -0.383 e. The summed E-state index contributed by atoms with van der Waals surface area (Å²) in [5, 5.41) is 2.85. The summed E-state index contributed by atoms with van der Waals surface area (Å²) in [5.41, 5.74) is 12.0. The van der Waals surface area contributed by atoms with E-state index in [4.69, 9.17) is 10.5 Å². The number of likely N-dealkylation sites (tertiary alicyclic amines) is 1. The molecule has 35 heavy (non-hydrogen) atoms. The maximum Gasteiger partial charge on any atom is 0.251 e. The van der Waals surface area contributed by atoms with Gasteiger partial charge in [0, 0.05) is 55.4 Å². The van der Waals surface area contributed by atoms with E-state index in [2.05, 4.69) is 27.3 Å². The molecular weight excluding hydrogens is 443 g/mol. The molecule has 1 saturated heterocycles. The molecule has 1 saturated carbocycles. The number of hydrogen-bond donors (Lipinski definition) is 2. The van der Waals surface area contributed by atoms with E-state index in [0.29, 0.717) is 29.2 Å². The molecule has 7 heteroatoms. The number of nitrogens with two attached hydrogens (primary N) is 1. The maximum atomic E-state index is 14.9. The average Bonchev–Trinajstić information content (AvgIpc) is 3.44. The van der Waals surface area contributed by atoms with Crippen molar-refractivity contribution in [3.63, 3.8) is 0 Å². The number of amides is 1. The molecule has 6 rings (SSSR count). The average molecular weight is 473 g/mol. The number of methoxy groups -OCH3 is 1. The summed E-state index contributed by atoms with van der Waals surface area (Å²) in [4.78, 5) is 18.6. The molecule has 2 atom stereocenters. The van der Waals surface area contributed by atoms with E-state index >= 15 is 0 Å². The number of benzene rings is 2. The van der Waals surface area contributed by atoms with Crippen LogP contribution in [-0.2, 0) is 16.6 Å². The standard InChI is InChI=1S/C28H29FN4O2/c1-35-11-10-33-15-21-14-28(21,16-33)20-5-2-17(3-6-20)23-13-24(26(30)32-25(23)29)18-4-7-22-19(12-18)8-9-31-27(22)34/h2-7,12-13,21H,8-11,14-16H2,1H3,(H2,30,32)(H,31,34)/t21-,28+/m0/s1. The Hall–Kier alpha value is -3.29. The van der Waals surface area contributed by atoms with E-state index < -0.39 is 5.95 Å². The number of nitrogens with one attached hydrogen (secondary N) is 1. The predicted octanol–water partition coefficient (Wildman–Crippen LogP) is 3.64. The van der Waals surface area contributed by atoms with Crippen LogP contribution in [0.4, 0.5) is 10.2 Å². The smallest absolute Gasteiger partial charge is 0.251 e. The summed E-state index contributed by atoms with van der Waals surface area (Å²) in [6.45, 7) is 4.50. The van der Waals surface area contributed by atoms with Crippen molar-refractivity contribution in [1.82, 2.24) is 15.2 Å². The fraction of sp³-hybridized carbons (Fsp3) is 0.357. The minimum absolute atomic E-state index is 0.0646. The lowest BCUT2D eigenvalue weighted by Crippen LogP contribution is -2.31. The SMILES string of the molecule is COCCN1C[C@@H]2C[C@]2(c2ccc(-c3cc(-c4ccc5c(c4)CCNC5=O)c(N)nc3F)cc2)C1. The van der Waals surface area contributed by atoms with Gasteiger partial charge in [-0.1, -0.05) is 36.4 Å². The van der Waals surface area contributed by atoms with Crippen molar-refractivity contribution in [2.75, 3.05) is 45.6 Å². The molecule has 6 nitrogen and oxygen atoms in total. The highest BCUT2D eigenvalue weighted by atomic mass is 19.1. The Balaban J connectivity index is 1.29. The highest BCUT2D eigenvalue weighted by molar-refractivity contribution is 5.97. The number of carbonyl (C=O) groups is 1. The second-order valence-corrected chi connectivity index (χ2v) is 10.00. The van der Waals surface area contributed by atoms with Crippen molar-refractivity contribution in [3.05, 3.63) is 71.2 Å². The zero-order valence-electron chi connectivity index (χ0n) is 19.8. The van der Waals surface area contributed by atoms with Gasteiger partial charge in [-0.2, -0.15) is 4.39 Å². The maximum absolute atomic E-state index is 14.9. The van der Waals surface area contributed by atoms with Gasteiger partial charge in [0.05, 0.1) is 6.61 Å². The quantitative estimate of drug-likeness (QED) is 0.536. The summed E-state index contributed by atoms with van der Waals surface area (Å²) < 4.78 is 20.2. The number of pyridine rings is 1. The lowest BCUT2D eigenvalue weighted by Gasteiger charge is -2.21. The first-order valence-electron chi connectivity index (χ1n) is 12.2. The Bertz CT molecular complexity index is 1310. The van der Waals surface area contributed by atoms with E-state index in [0.717, 1.165) is 49.4 Å². The van der Waals surface area contributed by atoms with Crippen molar-refractivity contribution in [1.29, 1.82) is 0 Å². The largest absolute Gasteiger partial charge is 0.383 e. The Morgan fingerprint density at radius 2 is 1.94 bits per heavy atom. The molecule has 2 aliphatic heterocycles. The van der Waals surface area contributed by atoms with Gasteiger partial charge in [0.15, 0.2) is 0 Å². The molecule has 3 heterocycles. The normalized spacial score (nSPS) is 23.0. The molecule has 3 aromatic rings. The molecule has 1 aliphatic carbocycles. The number of rotatable bonds is 6. The van der Waals surface area contributed by atoms with Crippen LogP contribution in [0.3, 0.4) is 0 Å². The summed E-state index contributed by atoms with van der Waals surface area (Å²) in [6, 6.07) is 15.7. The van der Waals surface area contributed by atoms with E-state index in [1.54, 1.807) is 19.2 Å². The van der Waals surface area contributed by atoms with E-state index in [-0.39, 0.29) is 17.1 Å². The molecule has 3 aliphatic rings. The minimum atomic E-state index is -0.578. The summed E-state index contributed by atoms with van der Waals surface area (Å²) >= 11 is 0. The molecule has 1 amide bonds. The Morgan fingerprint density at radius 1 is 1.14 bits per heavy atom.